The molecule has 0 saturated carbocycles. The SMILES string of the molecule is CCCCC(NS(=O)(=O)N(C)CCCC)C(=O)O. The van der Waals surface area contributed by atoms with Crippen LogP contribution in [0.3, 0.4) is 0 Å². The second-order valence-electron chi connectivity index (χ2n) is 4.33. The monoisotopic (exact) mass is 280 g/mol. The van der Waals surface area contributed by atoms with E-state index in [1.165, 1.54) is 11.4 Å². The standard InChI is InChI=1S/C11H24N2O4S/c1-4-6-8-10(11(14)15)12-18(16,17)13(3)9-7-5-2/h10,12H,4-9H2,1-3H3,(H,14,15). The van der Waals surface area contributed by atoms with E-state index in [1.54, 1.807) is 0 Å². The van der Waals surface area contributed by atoms with Crippen LogP contribution in [0.4, 0.5) is 0 Å². The molecule has 2 N–H and O–H groups in total. The Hall–Kier alpha value is -0.660. The summed E-state index contributed by atoms with van der Waals surface area (Å²) in [6.07, 6.45) is 3.46. The Balaban J connectivity index is 4.54. The van der Waals surface area contributed by atoms with Crippen molar-refractivity contribution >= 4 is 16.2 Å². The molecule has 0 radical (unpaired) electrons. The molecule has 108 valence electrons. The number of unbranched alkanes of at least 4 members (excludes halogenated alkanes) is 2. The van der Waals surface area contributed by atoms with Crippen LogP contribution in [0.1, 0.15) is 46.0 Å². The minimum absolute atomic E-state index is 0.312. The fraction of sp³-hybridized carbons (Fsp3) is 0.909. The van der Waals surface area contributed by atoms with Gasteiger partial charge in [-0.2, -0.15) is 17.4 Å². The second-order valence-corrected chi connectivity index (χ2v) is 6.14. The predicted octanol–water partition coefficient (Wildman–Crippen LogP) is 1.20. The maximum Gasteiger partial charge on any atom is 0.321 e. The molecule has 0 bridgehead atoms. The van der Waals surface area contributed by atoms with Gasteiger partial charge in [-0.1, -0.05) is 33.1 Å². The van der Waals surface area contributed by atoms with Crippen molar-refractivity contribution in [1.29, 1.82) is 0 Å². The number of nitrogens with one attached hydrogen (secondary N) is 1. The van der Waals surface area contributed by atoms with Crippen LogP contribution in [0.5, 0.6) is 0 Å². The van der Waals surface area contributed by atoms with Crippen LogP contribution in [0.25, 0.3) is 0 Å². The maximum atomic E-state index is 11.9. The number of hydrogen-bond donors (Lipinski definition) is 2. The van der Waals surface area contributed by atoms with Crippen LogP contribution in [0, 0.1) is 0 Å². The normalized spacial score (nSPS) is 13.8. The van der Waals surface area contributed by atoms with E-state index in [0.717, 1.165) is 19.3 Å². The zero-order chi connectivity index (χ0) is 14.2. The molecule has 0 aliphatic heterocycles. The topological polar surface area (TPSA) is 86.7 Å². The smallest absolute Gasteiger partial charge is 0.321 e. The molecule has 0 heterocycles. The average Bonchev–Trinajstić information content (AvgIpc) is 2.30. The van der Waals surface area contributed by atoms with Gasteiger partial charge in [0.15, 0.2) is 0 Å². The predicted molar refractivity (Wildman–Crippen MR) is 70.5 cm³/mol. The molecule has 6 nitrogen and oxygen atoms in total. The van der Waals surface area contributed by atoms with Gasteiger partial charge in [0.05, 0.1) is 0 Å². The molecule has 0 fully saturated rings. The molecule has 0 aliphatic rings. The van der Waals surface area contributed by atoms with Crippen LogP contribution < -0.4 is 4.72 Å². The van der Waals surface area contributed by atoms with E-state index in [2.05, 4.69) is 4.72 Å². The Morgan fingerprint density at radius 1 is 1.28 bits per heavy atom. The van der Waals surface area contributed by atoms with Crippen molar-refractivity contribution in [3.05, 3.63) is 0 Å². The summed E-state index contributed by atoms with van der Waals surface area (Å²) in [4.78, 5) is 11.0. The lowest BCUT2D eigenvalue weighted by Crippen LogP contribution is -2.47. The van der Waals surface area contributed by atoms with Crippen molar-refractivity contribution < 1.29 is 18.3 Å². The minimum atomic E-state index is -3.70. The molecule has 0 spiro atoms. The van der Waals surface area contributed by atoms with Crippen LogP contribution in [0.15, 0.2) is 0 Å². The molecule has 0 aliphatic carbocycles. The van der Waals surface area contributed by atoms with Gasteiger partial charge >= 0.3 is 5.97 Å². The fourth-order valence-corrected chi connectivity index (χ4v) is 2.54. The largest absolute Gasteiger partial charge is 0.480 e. The first-order valence-corrected chi connectivity index (χ1v) is 7.75. The van der Waals surface area contributed by atoms with Crippen LogP contribution in [0.2, 0.25) is 0 Å². The van der Waals surface area contributed by atoms with Gasteiger partial charge in [0.2, 0.25) is 0 Å². The third-order valence-corrected chi connectivity index (χ3v) is 4.26. The zero-order valence-electron chi connectivity index (χ0n) is 11.3. The van der Waals surface area contributed by atoms with Gasteiger partial charge in [-0.05, 0) is 12.8 Å². The van der Waals surface area contributed by atoms with Gasteiger partial charge in [-0.25, -0.2) is 0 Å². The number of carboxylic acids is 1. The lowest BCUT2D eigenvalue weighted by atomic mass is 10.1. The number of carboxylic acid groups (broad SMARTS) is 1. The van der Waals surface area contributed by atoms with E-state index in [0.29, 0.717) is 19.4 Å². The summed E-state index contributed by atoms with van der Waals surface area (Å²) in [5, 5.41) is 8.98. The van der Waals surface area contributed by atoms with Crippen LogP contribution in [-0.4, -0.2) is 43.4 Å². The summed E-state index contributed by atoms with van der Waals surface area (Å²) in [6.45, 7) is 4.29. The Kier molecular flexibility index (Phi) is 8.13. The second kappa shape index (κ2) is 8.44. The molecule has 1 atom stereocenters. The molecule has 0 amide bonds. The first-order valence-electron chi connectivity index (χ1n) is 6.31. The van der Waals surface area contributed by atoms with Crippen molar-refractivity contribution in [2.75, 3.05) is 13.6 Å². The molecule has 7 heteroatoms. The highest BCUT2D eigenvalue weighted by Crippen LogP contribution is 2.05. The number of nitrogens with zero attached hydrogens (tertiary/aromatic N) is 1. The van der Waals surface area contributed by atoms with E-state index >= 15 is 0 Å². The lowest BCUT2D eigenvalue weighted by Gasteiger charge is -2.20. The summed E-state index contributed by atoms with van der Waals surface area (Å²) in [6, 6.07) is -1.04. The Bertz CT molecular complexity index is 343. The Morgan fingerprint density at radius 3 is 2.28 bits per heavy atom. The summed E-state index contributed by atoms with van der Waals surface area (Å²) in [7, 11) is -2.25. The third kappa shape index (κ3) is 6.32. The third-order valence-electron chi connectivity index (χ3n) is 2.67. The van der Waals surface area contributed by atoms with Crippen molar-refractivity contribution in [3.63, 3.8) is 0 Å². The van der Waals surface area contributed by atoms with Gasteiger partial charge in [0.25, 0.3) is 10.2 Å². The van der Waals surface area contributed by atoms with E-state index in [1.807, 2.05) is 13.8 Å². The molecular formula is C11H24N2O4S. The van der Waals surface area contributed by atoms with Crippen molar-refractivity contribution in [3.8, 4) is 0 Å². The van der Waals surface area contributed by atoms with E-state index in [4.69, 9.17) is 5.11 Å². The van der Waals surface area contributed by atoms with Crippen LogP contribution in [-0.2, 0) is 15.0 Å². The van der Waals surface area contributed by atoms with Gasteiger partial charge < -0.3 is 5.11 Å². The van der Waals surface area contributed by atoms with Crippen LogP contribution >= 0.6 is 0 Å². The molecular weight excluding hydrogens is 256 g/mol. The number of aliphatic carboxylic acids is 1. The van der Waals surface area contributed by atoms with Crippen molar-refractivity contribution in [1.82, 2.24) is 9.03 Å². The Labute approximate surface area is 110 Å². The first-order chi connectivity index (χ1) is 8.35. The van der Waals surface area contributed by atoms with E-state index < -0.39 is 22.2 Å². The highest BCUT2D eigenvalue weighted by molar-refractivity contribution is 7.87. The number of carbonyl (C=O) groups is 1. The number of hydrogen-bond acceptors (Lipinski definition) is 3. The van der Waals surface area contributed by atoms with Crippen molar-refractivity contribution in [2.24, 2.45) is 0 Å². The molecule has 18 heavy (non-hydrogen) atoms. The quantitative estimate of drug-likeness (QED) is 0.629. The first kappa shape index (κ1) is 17.3. The van der Waals surface area contributed by atoms with Gasteiger partial charge in [-0.15, -0.1) is 0 Å². The molecule has 0 aromatic heterocycles. The van der Waals surface area contributed by atoms with Gasteiger partial charge in [0.1, 0.15) is 6.04 Å². The maximum absolute atomic E-state index is 11.9. The zero-order valence-corrected chi connectivity index (χ0v) is 12.2. The molecule has 0 aromatic rings. The van der Waals surface area contributed by atoms with Gasteiger partial charge in [-0.3, -0.25) is 4.79 Å². The van der Waals surface area contributed by atoms with E-state index in [-0.39, 0.29) is 0 Å². The summed E-state index contributed by atoms with van der Waals surface area (Å²) in [5.41, 5.74) is 0. The summed E-state index contributed by atoms with van der Waals surface area (Å²) < 4.78 is 27.1. The highest BCUT2D eigenvalue weighted by atomic mass is 32.2. The molecule has 0 aromatic carbocycles. The van der Waals surface area contributed by atoms with Gasteiger partial charge in [0, 0.05) is 13.6 Å². The Morgan fingerprint density at radius 2 is 1.83 bits per heavy atom. The summed E-state index contributed by atoms with van der Waals surface area (Å²) >= 11 is 0. The number of rotatable bonds is 10. The average molecular weight is 280 g/mol. The lowest BCUT2D eigenvalue weighted by molar-refractivity contribution is -0.139. The van der Waals surface area contributed by atoms with E-state index in [9.17, 15) is 13.2 Å². The minimum Gasteiger partial charge on any atom is -0.480 e. The molecule has 1 unspecified atom stereocenters. The molecule has 0 saturated heterocycles. The fourth-order valence-electron chi connectivity index (χ4n) is 1.41. The van der Waals surface area contributed by atoms with Crippen molar-refractivity contribution in [2.45, 2.75) is 52.0 Å². The molecule has 0 rings (SSSR count). The summed E-state index contributed by atoms with van der Waals surface area (Å²) in [5.74, 6) is -1.13. The highest BCUT2D eigenvalue weighted by Gasteiger charge is 2.26.